The monoisotopic (exact) mass is 225 g/mol. The van der Waals surface area contributed by atoms with E-state index in [4.69, 9.17) is 11.6 Å². The molecule has 0 aromatic rings. The fraction of sp³-hybridized carbons (Fsp3) is 1.00. The van der Waals surface area contributed by atoms with Crippen LogP contribution >= 0.6 is 11.6 Å². The molecule has 78 valence electrons. The van der Waals surface area contributed by atoms with Gasteiger partial charge in [0.1, 0.15) is 0 Å². The van der Waals surface area contributed by atoms with Gasteiger partial charge in [-0.15, -0.1) is 11.6 Å². The van der Waals surface area contributed by atoms with Gasteiger partial charge >= 0.3 is 0 Å². The van der Waals surface area contributed by atoms with E-state index in [1.807, 2.05) is 0 Å². The van der Waals surface area contributed by atoms with E-state index < -0.39 is 10.0 Å². The Morgan fingerprint density at radius 3 is 2.62 bits per heavy atom. The van der Waals surface area contributed by atoms with Crippen LogP contribution in [0.5, 0.6) is 0 Å². The van der Waals surface area contributed by atoms with Crippen molar-refractivity contribution in [3.63, 3.8) is 0 Å². The molecule has 0 aromatic heterocycles. The maximum Gasteiger partial charge on any atom is 0.213 e. The van der Waals surface area contributed by atoms with E-state index in [1.54, 1.807) is 6.92 Å². The molecule has 0 aromatic carbocycles. The second kappa shape index (κ2) is 4.15. The van der Waals surface area contributed by atoms with Crippen LogP contribution in [0.15, 0.2) is 0 Å². The zero-order valence-corrected chi connectivity index (χ0v) is 9.61. The fourth-order valence-corrected chi connectivity index (χ4v) is 2.94. The lowest BCUT2D eigenvalue weighted by molar-refractivity contribution is 0.293. The first-order chi connectivity index (χ1) is 5.97. The van der Waals surface area contributed by atoms with Crippen molar-refractivity contribution in [2.24, 2.45) is 5.92 Å². The number of sulfonamides is 1. The van der Waals surface area contributed by atoms with Crippen molar-refractivity contribution in [1.29, 1.82) is 0 Å². The average molecular weight is 226 g/mol. The summed E-state index contributed by atoms with van der Waals surface area (Å²) in [5.74, 6) is 0.593. The van der Waals surface area contributed by atoms with Gasteiger partial charge in [0, 0.05) is 18.5 Å². The summed E-state index contributed by atoms with van der Waals surface area (Å²) in [5, 5.41) is -0.0323. The molecule has 0 N–H and O–H groups in total. The number of halogens is 1. The number of nitrogens with zero attached hydrogens (tertiary/aromatic N) is 1. The van der Waals surface area contributed by atoms with Gasteiger partial charge in [-0.3, -0.25) is 0 Å². The smallest absolute Gasteiger partial charge is 0.212 e. The summed E-state index contributed by atoms with van der Waals surface area (Å²) in [7, 11) is -3.03. The van der Waals surface area contributed by atoms with E-state index in [0.717, 1.165) is 6.42 Å². The van der Waals surface area contributed by atoms with Crippen molar-refractivity contribution >= 4 is 21.6 Å². The van der Waals surface area contributed by atoms with Gasteiger partial charge in [0.25, 0.3) is 0 Å². The summed E-state index contributed by atoms with van der Waals surface area (Å²) in [5.41, 5.74) is 0. The maximum atomic E-state index is 11.5. The van der Waals surface area contributed by atoms with Gasteiger partial charge in [0.15, 0.2) is 0 Å². The molecule has 0 bridgehead atoms. The molecule has 5 heteroatoms. The van der Waals surface area contributed by atoms with E-state index >= 15 is 0 Å². The van der Waals surface area contributed by atoms with Crippen molar-refractivity contribution < 1.29 is 8.42 Å². The molecule has 1 saturated heterocycles. The second-order valence-corrected chi connectivity index (χ2v) is 6.36. The molecule has 1 aliphatic rings. The summed E-state index contributed by atoms with van der Waals surface area (Å²) in [6, 6.07) is 0. The van der Waals surface area contributed by atoms with Gasteiger partial charge in [-0.1, -0.05) is 6.92 Å². The minimum Gasteiger partial charge on any atom is -0.212 e. The Balaban J connectivity index is 2.66. The number of piperidine rings is 1. The van der Waals surface area contributed by atoms with Crippen molar-refractivity contribution in [1.82, 2.24) is 4.31 Å². The highest BCUT2D eigenvalue weighted by Gasteiger charge is 2.30. The molecule has 13 heavy (non-hydrogen) atoms. The van der Waals surface area contributed by atoms with Crippen LogP contribution in [0.1, 0.15) is 20.3 Å². The summed E-state index contributed by atoms with van der Waals surface area (Å²) in [6.45, 7) is 4.82. The first-order valence-electron chi connectivity index (χ1n) is 4.59. The van der Waals surface area contributed by atoms with Crippen molar-refractivity contribution in [3.8, 4) is 0 Å². The van der Waals surface area contributed by atoms with Gasteiger partial charge in [-0.2, -0.15) is 0 Å². The molecule has 0 radical (unpaired) electrons. The Bertz CT molecular complexity index is 265. The van der Waals surface area contributed by atoms with Crippen LogP contribution in [0.2, 0.25) is 0 Å². The predicted molar refractivity (Wildman–Crippen MR) is 54.5 cm³/mol. The minimum atomic E-state index is -3.03. The molecule has 0 saturated carbocycles. The molecule has 1 aliphatic heterocycles. The summed E-state index contributed by atoms with van der Waals surface area (Å²) in [6.07, 6.45) is 0.868. The number of alkyl halides is 1. The van der Waals surface area contributed by atoms with Crippen LogP contribution in [0.25, 0.3) is 0 Å². The molecule has 1 rings (SSSR count). The minimum absolute atomic E-state index is 0.0323. The van der Waals surface area contributed by atoms with Crippen LogP contribution in [-0.2, 0) is 10.0 Å². The number of hydrogen-bond donors (Lipinski definition) is 0. The number of rotatable bonds is 2. The van der Waals surface area contributed by atoms with Crippen LogP contribution < -0.4 is 0 Å². The van der Waals surface area contributed by atoms with E-state index in [9.17, 15) is 8.42 Å². The lowest BCUT2D eigenvalue weighted by Gasteiger charge is -2.32. The summed E-state index contributed by atoms with van der Waals surface area (Å²) in [4.78, 5) is 0. The lowest BCUT2D eigenvalue weighted by atomic mass is 10.0. The first-order valence-corrected chi connectivity index (χ1v) is 6.64. The molecule has 2 atom stereocenters. The normalized spacial score (nSPS) is 31.9. The van der Waals surface area contributed by atoms with Gasteiger partial charge in [0.2, 0.25) is 10.0 Å². The van der Waals surface area contributed by atoms with Crippen LogP contribution in [-0.4, -0.2) is 36.9 Å². The maximum absolute atomic E-state index is 11.5. The Hall–Kier alpha value is 0.200. The van der Waals surface area contributed by atoms with Crippen molar-refractivity contribution in [2.75, 3.05) is 18.8 Å². The molecular weight excluding hydrogens is 210 g/mol. The highest BCUT2D eigenvalue weighted by molar-refractivity contribution is 7.89. The SMILES string of the molecule is CCS(=O)(=O)N1CCC(C)C(Cl)C1. The second-order valence-electron chi connectivity index (χ2n) is 3.54. The van der Waals surface area contributed by atoms with Crippen LogP contribution in [0.4, 0.5) is 0 Å². The topological polar surface area (TPSA) is 37.4 Å². The predicted octanol–water partition coefficient (Wildman–Crippen LogP) is 1.29. The summed E-state index contributed by atoms with van der Waals surface area (Å²) < 4.78 is 24.5. The van der Waals surface area contributed by atoms with Crippen molar-refractivity contribution in [3.05, 3.63) is 0 Å². The molecule has 0 aliphatic carbocycles. The zero-order chi connectivity index (χ0) is 10.1. The van der Waals surface area contributed by atoms with Gasteiger partial charge in [-0.05, 0) is 19.3 Å². The fourth-order valence-electron chi connectivity index (χ4n) is 1.43. The van der Waals surface area contributed by atoms with E-state index in [-0.39, 0.29) is 11.1 Å². The molecule has 3 nitrogen and oxygen atoms in total. The van der Waals surface area contributed by atoms with Crippen LogP contribution in [0, 0.1) is 5.92 Å². The first kappa shape index (κ1) is 11.3. The Kier molecular flexibility index (Phi) is 3.60. The van der Waals surface area contributed by atoms with Crippen molar-refractivity contribution in [2.45, 2.75) is 25.6 Å². The Labute approximate surface area is 85.1 Å². The third kappa shape index (κ3) is 2.58. The highest BCUT2D eigenvalue weighted by atomic mass is 35.5. The Morgan fingerprint density at radius 2 is 2.15 bits per heavy atom. The standard InChI is InChI=1S/C8H16ClNO2S/c1-3-13(11,12)10-5-4-7(2)8(9)6-10/h7-8H,3-6H2,1-2H3. The van der Waals surface area contributed by atoms with E-state index in [0.29, 0.717) is 19.0 Å². The Morgan fingerprint density at radius 1 is 1.54 bits per heavy atom. The largest absolute Gasteiger partial charge is 0.213 e. The molecule has 1 fully saturated rings. The quantitative estimate of drug-likeness (QED) is 0.665. The van der Waals surface area contributed by atoms with Crippen LogP contribution in [0.3, 0.4) is 0 Å². The average Bonchev–Trinajstić information content (AvgIpc) is 2.09. The summed E-state index contributed by atoms with van der Waals surface area (Å²) >= 11 is 6.02. The van der Waals surface area contributed by atoms with Gasteiger partial charge in [-0.25, -0.2) is 12.7 Å². The van der Waals surface area contributed by atoms with E-state index in [1.165, 1.54) is 4.31 Å². The third-order valence-electron chi connectivity index (χ3n) is 2.59. The zero-order valence-electron chi connectivity index (χ0n) is 8.03. The van der Waals surface area contributed by atoms with E-state index in [2.05, 4.69) is 6.92 Å². The third-order valence-corrected chi connectivity index (χ3v) is 5.00. The van der Waals surface area contributed by atoms with Gasteiger partial charge < -0.3 is 0 Å². The molecular formula is C8H16ClNO2S. The lowest BCUT2D eigenvalue weighted by Crippen LogP contribution is -2.44. The number of hydrogen-bond acceptors (Lipinski definition) is 2. The molecule has 0 amide bonds. The molecule has 0 spiro atoms. The molecule has 1 heterocycles. The molecule has 2 unspecified atom stereocenters. The van der Waals surface area contributed by atoms with Gasteiger partial charge in [0.05, 0.1) is 5.75 Å². The highest BCUT2D eigenvalue weighted by Crippen LogP contribution is 2.23.